The first kappa shape index (κ1) is 20.7. The van der Waals surface area contributed by atoms with E-state index in [1.807, 2.05) is 0 Å². The van der Waals surface area contributed by atoms with Crippen LogP contribution in [0.15, 0.2) is 77.7 Å². The van der Waals surface area contributed by atoms with Gasteiger partial charge in [0.25, 0.3) is 15.9 Å². The molecule has 7 nitrogen and oxygen atoms in total. The van der Waals surface area contributed by atoms with Crippen molar-refractivity contribution in [2.24, 2.45) is 0 Å². The number of amides is 1. The largest absolute Gasteiger partial charge is 0.497 e. The van der Waals surface area contributed by atoms with Crippen molar-refractivity contribution in [1.82, 2.24) is 0 Å². The minimum atomic E-state index is -3.99. The van der Waals surface area contributed by atoms with Gasteiger partial charge in [0.1, 0.15) is 17.3 Å². The van der Waals surface area contributed by atoms with Crippen LogP contribution in [0.2, 0.25) is 0 Å². The van der Waals surface area contributed by atoms with Gasteiger partial charge < -0.3 is 14.8 Å². The zero-order chi connectivity index (χ0) is 22.0. The molecule has 1 aliphatic rings. The summed E-state index contributed by atoms with van der Waals surface area (Å²) in [7, 11) is -2.50. The lowest BCUT2D eigenvalue weighted by Crippen LogP contribution is -2.48. The number of para-hydroxylation sites is 2. The maximum Gasteiger partial charge on any atom is 0.267 e. The number of halogens is 1. The van der Waals surface area contributed by atoms with Gasteiger partial charge in [-0.3, -0.25) is 9.10 Å². The van der Waals surface area contributed by atoms with Crippen molar-refractivity contribution in [2.75, 3.05) is 23.3 Å². The first-order valence-electron chi connectivity index (χ1n) is 9.37. The number of ether oxygens (including phenoxy) is 2. The van der Waals surface area contributed by atoms with Gasteiger partial charge in [-0.25, -0.2) is 12.8 Å². The van der Waals surface area contributed by atoms with Gasteiger partial charge in [0, 0.05) is 5.69 Å². The molecule has 1 heterocycles. The van der Waals surface area contributed by atoms with E-state index in [1.54, 1.807) is 36.4 Å². The first-order chi connectivity index (χ1) is 14.9. The standard InChI is InChI=1S/C22H19FN2O5S/c1-29-17-9-11-18(12-10-17)31(27,28)25-14-21(30-20-8-3-2-7-19(20)25)22(26)24-16-6-4-5-15(23)13-16/h2-13,21H,14H2,1H3,(H,24,26)/t21-/m0/s1. The van der Waals surface area contributed by atoms with Crippen molar-refractivity contribution in [3.05, 3.63) is 78.6 Å². The number of nitrogens with zero attached hydrogens (tertiary/aromatic N) is 1. The number of sulfonamides is 1. The quantitative estimate of drug-likeness (QED) is 0.655. The van der Waals surface area contributed by atoms with Crippen LogP contribution in [0, 0.1) is 5.82 Å². The second-order valence-electron chi connectivity index (χ2n) is 6.79. The molecule has 1 N–H and O–H groups in total. The van der Waals surface area contributed by atoms with Crippen molar-refractivity contribution < 1.29 is 27.1 Å². The smallest absolute Gasteiger partial charge is 0.267 e. The molecule has 0 aromatic heterocycles. The van der Waals surface area contributed by atoms with E-state index in [-0.39, 0.29) is 22.9 Å². The molecular weight excluding hydrogens is 423 g/mol. The van der Waals surface area contributed by atoms with Crippen LogP contribution in [0.1, 0.15) is 0 Å². The molecule has 0 aliphatic carbocycles. The number of anilines is 2. The Hall–Kier alpha value is -3.59. The molecule has 9 heteroatoms. The Morgan fingerprint density at radius 1 is 1.10 bits per heavy atom. The molecular formula is C22H19FN2O5S. The summed E-state index contributed by atoms with van der Waals surface area (Å²) in [5, 5.41) is 2.57. The molecule has 0 saturated heterocycles. The first-order valence-corrected chi connectivity index (χ1v) is 10.8. The molecule has 1 atom stereocenters. The number of hydrogen-bond donors (Lipinski definition) is 1. The van der Waals surface area contributed by atoms with Crippen LogP contribution < -0.4 is 19.1 Å². The van der Waals surface area contributed by atoms with E-state index < -0.39 is 27.9 Å². The molecule has 0 unspecified atom stereocenters. The summed E-state index contributed by atoms with van der Waals surface area (Å²) in [5.74, 6) is -0.314. The number of nitrogens with one attached hydrogen (secondary N) is 1. The SMILES string of the molecule is COc1ccc(S(=O)(=O)N2C[C@@H](C(=O)Nc3cccc(F)c3)Oc3ccccc32)cc1. The van der Waals surface area contributed by atoms with Crippen LogP contribution in [-0.2, 0) is 14.8 Å². The maximum absolute atomic E-state index is 13.4. The summed E-state index contributed by atoms with van der Waals surface area (Å²) in [4.78, 5) is 12.8. The molecule has 3 aromatic carbocycles. The minimum absolute atomic E-state index is 0.0503. The van der Waals surface area contributed by atoms with E-state index in [2.05, 4.69) is 5.32 Å². The average Bonchev–Trinajstić information content (AvgIpc) is 2.78. The van der Waals surface area contributed by atoms with E-state index in [9.17, 15) is 17.6 Å². The van der Waals surface area contributed by atoms with E-state index >= 15 is 0 Å². The van der Waals surface area contributed by atoms with Crippen molar-refractivity contribution in [2.45, 2.75) is 11.0 Å². The van der Waals surface area contributed by atoms with Crippen LogP contribution >= 0.6 is 0 Å². The third-order valence-electron chi connectivity index (χ3n) is 4.77. The van der Waals surface area contributed by atoms with Crippen LogP contribution in [0.25, 0.3) is 0 Å². The van der Waals surface area contributed by atoms with Gasteiger partial charge >= 0.3 is 0 Å². The second-order valence-corrected chi connectivity index (χ2v) is 8.65. The number of methoxy groups -OCH3 is 1. The molecule has 1 amide bonds. The van der Waals surface area contributed by atoms with Crippen LogP contribution in [-0.4, -0.2) is 34.1 Å². The van der Waals surface area contributed by atoms with Gasteiger partial charge in [-0.05, 0) is 54.6 Å². The summed E-state index contributed by atoms with van der Waals surface area (Å²) in [5.41, 5.74) is 0.574. The third kappa shape index (κ3) is 4.17. The van der Waals surface area contributed by atoms with Gasteiger partial charge in [-0.2, -0.15) is 0 Å². The lowest BCUT2D eigenvalue weighted by atomic mass is 10.2. The molecule has 0 radical (unpaired) electrons. The zero-order valence-corrected chi connectivity index (χ0v) is 17.3. The number of fused-ring (bicyclic) bond motifs is 1. The Bertz CT molecular complexity index is 1210. The summed E-state index contributed by atoms with van der Waals surface area (Å²) in [6.07, 6.45) is -1.13. The van der Waals surface area contributed by atoms with Crippen molar-refractivity contribution in [1.29, 1.82) is 0 Å². The number of hydrogen-bond acceptors (Lipinski definition) is 5. The molecule has 1 aliphatic heterocycles. The van der Waals surface area contributed by atoms with E-state index in [4.69, 9.17) is 9.47 Å². The zero-order valence-electron chi connectivity index (χ0n) is 16.5. The molecule has 0 bridgehead atoms. The maximum atomic E-state index is 13.4. The minimum Gasteiger partial charge on any atom is -0.497 e. The van der Waals surface area contributed by atoms with Crippen LogP contribution in [0.3, 0.4) is 0 Å². The lowest BCUT2D eigenvalue weighted by Gasteiger charge is -2.34. The fourth-order valence-corrected chi connectivity index (χ4v) is 4.71. The highest BCUT2D eigenvalue weighted by Gasteiger charge is 2.37. The average molecular weight is 442 g/mol. The summed E-state index contributed by atoms with van der Waals surface area (Å²) in [6, 6.07) is 18.0. The van der Waals surface area contributed by atoms with Gasteiger partial charge in [0.05, 0.1) is 24.2 Å². The molecule has 0 fully saturated rings. The molecule has 0 saturated carbocycles. The predicted octanol–water partition coefficient (Wildman–Crippen LogP) is 3.43. The molecule has 3 aromatic rings. The lowest BCUT2D eigenvalue weighted by molar-refractivity contribution is -0.122. The van der Waals surface area contributed by atoms with Crippen LogP contribution in [0.4, 0.5) is 15.8 Å². The summed E-state index contributed by atoms with van der Waals surface area (Å²) >= 11 is 0. The monoisotopic (exact) mass is 442 g/mol. The fraction of sp³-hybridized carbons (Fsp3) is 0.136. The van der Waals surface area contributed by atoms with Crippen molar-refractivity contribution in [3.63, 3.8) is 0 Å². The number of carbonyl (C=O) groups excluding carboxylic acids is 1. The Kier molecular flexibility index (Phi) is 5.51. The predicted molar refractivity (Wildman–Crippen MR) is 113 cm³/mol. The molecule has 160 valence electrons. The molecule has 4 rings (SSSR count). The highest BCUT2D eigenvalue weighted by molar-refractivity contribution is 7.92. The molecule has 0 spiro atoms. The Labute approximate surface area is 179 Å². The van der Waals surface area contributed by atoms with Gasteiger partial charge in [0.15, 0.2) is 6.10 Å². The van der Waals surface area contributed by atoms with E-state index in [0.717, 1.165) is 4.31 Å². The van der Waals surface area contributed by atoms with Gasteiger partial charge in [-0.1, -0.05) is 18.2 Å². The third-order valence-corrected chi connectivity index (χ3v) is 6.56. The van der Waals surface area contributed by atoms with Gasteiger partial charge in [-0.15, -0.1) is 0 Å². The molecule has 31 heavy (non-hydrogen) atoms. The summed E-state index contributed by atoms with van der Waals surface area (Å²) < 4.78 is 52.2. The highest BCUT2D eigenvalue weighted by atomic mass is 32.2. The van der Waals surface area contributed by atoms with Crippen LogP contribution in [0.5, 0.6) is 11.5 Å². The topological polar surface area (TPSA) is 84.9 Å². The van der Waals surface area contributed by atoms with Crippen molar-refractivity contribution in [3.8, 4) is 11.5 Å². The Morgan fingerprint density at radius 2 is 1.84 bits per heavy atom. The summed E-state index contributed by atoms with van der Waals surface area (Å²) in [6.45, 7) is -0.244. The van der Waals surface area contributed by atoms with E-state index in [1.165, 1.54) is 43.5 Å². The fourth-order valence-electron chi connectivity index (χ4n) is 3.23. The van der Waals surface area contributed by atoms with Gasteiger partial charge in [0.2, 0.25) is 0 Å². The number of benzene rings is 3. The number of rotatable bonds is 5. The normalized spacial score (nSPS) is 15.5. The number of carbonyl (C=O) groups is 1. The van der Waals surface area contributed by atoms with E-state index in [0.29, 0.717) is 11.4 Å². The Balaban J connectivity index is 1.66. The van der Waals surface area contributed by atoms with Crippen molar-refractivity contribution >= 4 is 27.3 Å². The Morgan fingerprint density at radius 3 is 2.55 bits per heavy atom. The second kappa shape index (κ2) is 8.27. The highest BCUT2D eigenvalue weighted by Crippen LogP contribution is 2.37.